The first-order chi connectivity index (χ1) is 16.3. The van der Waals surface area contributed by atoms with E-state index in [1.807, 2.05) is 13.8 Å². The Hall–Kier alpha value is -3.33. The van der Waals surface area contributed by atoms with Crippen LogP contribution in [0.3, 0.4) is 0 Å². The van der Waals surface area contributed by atoms with Crippen molar-refractivity contribution in [2.45, 2.75) is 51.7 Å². The molecule has 3 heterocycles. The van der Waals surface area contributed by atoms with Gasteiger partial charge in [0.25, 0.3) is 5.91 Å². The molecular formula is C24H28ClN5O4. The van der Waals surface area contributed by atoms with Crippen LogP contribution in [0.1, 0.15) is 33.1 Å². The highest BCUT2D eigenvalue weighted by Gasteiger charge is 2.35. The third-order valence-electron chi connectivity index (χ3n) is 5.73. The van der Waals surface area contributed by atoms with Crippen molar-refractivity contribution in [1.82, 2.24) is 20.0 Å². The first-order valence-electron chi connectivity index (χ1n) is 11.4. The maximum absolute atomic E-state index is 13.2. The van der Waals surface area contributed by atoms with Crippen molar-refractivity contribution in [2.24, 2.45) is 5.92 Å². The number of carbonyl (C=O) groups excluding carboxylic acids is 3. The van der Waals surface area contributed by atoms with E-state index in [4.69, 9.17) is 16.3 Å². The third kappa shape index (κ3) is 5.77. The number of para-hydroxylation sites is 1. The summed E-state index contributed by atoms with van der Waals surface area (Å²) in [7, 11) is 0. The molecular weight excluding hydrogens is 458 g/mol. The van der Waals surface area contributed by atoms with Crippen LogP contribution in [0.5, 0.6) is 5.75 Å². The lowest BCUT2D eigenvalue weighted by Crippen LogP contribution is -2.46. The summed E-state index contributed by atoms with van der Waals surface area (Å²) in [6.07, 6.45) is 4.93. The lowest BCUT2D eigenvalue weighted by molar-refractivity contribution is -0.133. The zero-order chi connectivity index (χ0) is 24.2. The number of halogens is 1. The second-order valence-electron chi connectivity index (χ2n) is 8.97. The smallest absolute Gasteiger partial charge is 0.251 e. The van der Waals surface area contributed by atoms with Crippen LogP contribution < -0.4 is 15.4 Å². The highest BCUT2D eigenvalue weighted by Crippen LogP contribution is 2.28. The van der Waals surface area contributed by atoms with Crippen LogP contribution in [-0.4, -0.2) is 51.0 Å². The Kier molecular flexibility index (Phi) is 7.21. The summed E-state index contributed by atoms with van der Waals surface area (Å²) >= 11 is 6.17. The minimum atomic E-state index is -0.685. The van der Waals surface area contributed by atoms with Crippen LogP contribution in [0.4, 0.5) is 5.82 Å². The molecule has 180 valence electrons. The van der Waals surface area contributed by atoms with Gasteiger partial charge in [-0.05, 0) is 30.9 Å². The van der Waals surface area contributed by atoms with Crippen LogP contribution in [0, 0.1) is 5.92 Å². The highest BCUT2D eigenvalue weighted by molar-refractivity contribution is 6.32. The van der Waals surface area contributed by atoms with E-state index in [1.165, 1.54) is 11.0 Å². The summed E-state index contributed by atoms with van der Waals surface area (Å²) in [5.74, 6) is 0.917. The molecule has 0 saturated carbocycles. The number of amides is 3. The van der Waals surface area contributed by atoms with Gasteiger partial charge >= 0.3 is 0 Å². The Morgan fingerprint density at radius 2 is 2.09 bits per heavy atom. The SMILES string of the molecule is CC(C)C[C@@H](C(=O)Nc1ccn(C[C@@H]2CCC(=O)N2)n1)N1CC(Oc2ccccc2Cl)=CC1=O. The van der Waals surface area contributed by atoms with Gasteiger partial charge in [0.2, 0.25) is 11.8 Å². The Labute approximate surface area is 203 Å². The molecule has 2 aliphatic heterocycles. The molecule has 34 heavy (non-hydrogen) atoms. The van der Waals surface area contributed by atoms with Gasteiger partial charge in [0.05, 0.1) is 18.1 Å². The number of hydrogen-bond acceptors (Lipinski definition) is 5. The van der Waals surface area contributed by atoms with Gasteiger partial charge < -0.3 is 20.3 Å². The highest BCUT2D eigenvalue weighted by atomic mass is 35.5. The molecule has 1 aromatic carbocycles. The van der Waals surface area contributed by atoms with Crippen LogP contribution in [0.25, 0.3) is 0 Å². The summed E-state index contributed by atoms with van der Waals surface area (Å²) in [5.41, 5.74) is 0. The molecule has 2 aromatic rings. The van der Waals surface area contributed by atoms with Gasteiger partial charge in [-0.2, -0.15) is 5.10 Å². The molecule has 1 aromatic heterocycles. The third-order valence-corrected chi connectivity index (χ3v) is 6.04. The number of hydrogen-bond donors (Lipinski definition) is 2. The predicted molar refractivity (Wildman–Crippen MR) is 127 cm³/mol. The molecule has 0 unspecified atom stereocenters. The second-order valence-corrected chi connectivity index (χ2v) is 9.38. The molecule has 3 amide bonds. The second kappa shape index (κ2) is 10.3. The Balaban J connectivity index is 1.40. The van der Waals surface area contributed by atoms with E-state index in [2.05, 4.69) is 15.7 Å². The molecule has 0 aliphatic carbocycles. The van der Waals surface area contributed by atoms with Gasteiger partial charge in [-0.25, -0.2) is 0 Å². The lowest BCUT2D eigenvalue weighted by atomic mass is 10.0. The summed E-state index contributed by atoms with van der Waals surface area (Å²) in [6.45, 7) is 4.71. The monoisotopic (exact) mass is 485 g/mol. The normalized spacial score (nSPS) is 18.8. The van der Waals surface area contributed by atoms with E-state index >= 15 is 0 Å². The number of aromatic nitrogens is 2. The van der Waals surface area contributed by atoms with Crippen LogP contribution in [0.2, 0.25) is 5.02 Å². The maximum Gasteiger partial charge on any atom is 0.251 e. The topological polar surface area (TPSA) is 106 Å². The largest absolute Gasteiger partial charge is 0.458 e. The van der Waals surface area contributed by atoms with Crippen molar-refractivity contribution in [3.05, 3.63) is 53.4 Å². The molecule has 9 nitrogen and oxygen atoms in total. The summed E-state index contributed by atoms with van der Waals surface area (Å²) in [6, 6.07) is 8.08. The van der Waals surface area contributed by atoms with Crippen molar-refractivity contribution >= 4 is 35.1 Å². The number of benzene rings is 1. The fourth-order valence-corrected chi connectivity index (χ4v) is 4.28. The molecule has 2 atom stereocenters. The summed E-state index contributed by atoms with van der Waals surface area (Å²) < 4.78 is 7.52. The van der Waals surface area contributed by atoms with Gasteiger partial charge in [-0.1, -0.05) is 37.6 Å². The van der Waals surface area contributed by atoms with Crippen LogP contribution >= 0.6 is 11.6 Å². The van der Waals surface area contributed by atoms with Gasteiger partial charge in [-0.15, -0.1) is 0 Å². The fraction of sp³-hybridized carbons (Fsp3) is 0.417. The summed E-state index contributed by atoms with van der Waals surface area (Å²) in [4.78, 5) is 38.9. The zero-order valence-corrected chi connectivity index (χ0v) is 19.9. The molecule has 0 spiro atoms. The van der Waals surface area contributed by atoms with Crippen LogP contribution in [0.15, 0.2) is 48.4 Å². The first-order valence-corrected chi connectivity index (χ1v) is 11.7. The van der Waals surface area contributed by atoms with Gasteiger partial charge in [-0.3, -0.25) is 19.1 Å². The van der Waals surface area contributed by atoms with Crippen molar-refractivity contribution in [3.63, 3.8) is 0 Å². The number of anilines is 1. The number of nitrogens with one attached hydrogen (secondary N) is 2. The van der Waals surface area contributed by atoms with E-state index < -0.39 is 6.04 Å². The van der Waals surface area contributed by atoms with E-state index in [9.17, 15) is 14.4 Å². The quantitative estimate of drug-likeness (QED) is 0.568. The minimum Gasteiger partial charge on any atom is -0.458 e. The number of ether oxygens (including phenoxy) is 1. The van der Waals surface area contributed by atoms with Gasteiger partial charge in [0, 0.05) is 30.8 Å². The number of nitrogens with zero attached hydrogens (tertiary/aromatic N) is 3. The van der Waals surface area contributed by atoms with Crippen molar-refractivity contribution in [1.29, 1.82) is 0 Å². The average molecular weight is 486 g/mol. The van der Waals surface area contributed by atoms with Crippen molar-refractivity contribution in [2.75, 3.05) is 11.9 Å². The molecule has 0 radical (unpaired) electrons. The average Bonchev–Trinajstić information content (AvgIpc) is 3.49. The van der Waals surface area contributed by atoms with E-state index in [0.29, 0.717) is 41.7 Å². The molecule has 4 rings (SSSR count). The van der Waals surface area contributed by atoms with Crippen molar-refractivity contribution < 1.29 is 19.1 Å². The first kappa shape index (κ1) is 23.8. The van der Waals surface area contributed by atoms with E-state index in [1.54, 1.807) is 41.2 Å². The Bertz CT molecular complexity index is 1110. The molecule has 2 aliphatic rings. The van der Waals surface area contributed by atoms with Gasteiger partial charge in [0.1, 0.15) is 17.6 Å². The molecule has 2 N–H and O–H groups in total. The Morgan fingerprint density at radius 1 is 1.29 bits per heavy atom. The lowest BCUT2D eigenvalue weighted by Gasteiger charge is -2.28. The standard InChI is InChI=1S/C24H28ClN5O4/c1-15(2)11-19(30-14-17(12-23(30)32)34-20-6-4-3-5-18(20)25)24(33)27-21-9-10-29(28-21)13-16-7-8-22(31)26-16/h3-6,9-10,12,15-16,19H,7-8,11,13-14H2,1-2H3,(H,26,31)(H,27,28,33)/t16-,19-/m0/s1. The van der Waals surface area contributed by atoms with Crippen LogP contribution in [-0.2, 0) is 20.9 Å². The maximum atomic E-state index is 13.2. The molecule has 1 saturated heterocycles. The molecule has 0 bridgehead atoms. The fourth-order valence-electron chi connectivity index (χ4n) is 4.11. The predicted octanol–water partition coefficient (Wildman–Crippen LogP) is 2.97. The van der Waals surface area contributed by atoms with E-state index in [0.717, 1.165) is 6.42 Å². The Morgan fingerprint density at radius 3 is 2.79 bits per heavy atom. The zero-order valence-electron chi connectivity index (χ0n) is 19.2. The summed E-state index contributed by atoms with van der Waals surface area (Å²) in [5, 5.41) is 10.6. The number of rotatable bonds is 9. The minimum absolute atomic E-state index is 0.0366. The van der Waals surface area contributed by atoms with Gasteiger partial charge in [0.15, 0.2) is 5.82 Å². The molecule has 1 fully saturated rings. The number of carbonyl (C=O) groups is 3. The van der Waals surface area contributed by atoms with Crippen molar-refractivity contribution in [3.8, 4) is 5.75 Å². The molecule has 10 heteroatoms. The van der Waals surface area contributed by atoms with E-state index in [-0.39, 0.29) is 36.2 Å².